The summed E-state index contributed by atoms with van der Waals surface area (Å²) in [5.74, 6) is 0.559. The van der Waals surface area contributed by atoms with Gasteiger partial charge in [-0.3, -0.25) is 4.90 Å². The van der Waals surface area contributed by atoms with Crippen molar-refractivity contribution in [1.29, 1.82) is 0 Å². The Morgan fingerprint density at radius 1 is 1.03 bits per heavy atom. The topological polar surface area (TPSA) is 33.5 Å². The molecule has 29 heavy (non-hydrogen) atoms. The van der Waals surface area contributed by atoms with Crippen LogP contribution in [0.4, 0.5) is 4.39 Å². The van der Waals surface area contributed by atoms with Gasteiger partial charge in [-0.1, -0.05) is 12.1 Å². The number of methoxy groups -OCH3 is 1. The molecule has 0 unspecified atom stereocenters. The van der Waals surface area contributed by atoms with Crippen LogP contribution in [0, 0.1) is 5.82 Å². The lowest BCUT2D eigenvalue weighted by atomic mass is 10.1. The van der Waals surface area contributed by atoms with Crippen LogP contribution in [0.2, 0.25) is 0 Å². The van der Waals surface area contributed by atoms with Gasteiger partial charge in [0.05, 0.1) is 18.5 Å². The minimum atomic E-state index is -0.246. The third-order valence-electron chi connectivity index (χ3n) is 5.43. The zero-order valence-electron chi connectivity index (χ0n) is 17.0. The van der Waals surface area contributed by atoms with E-state index in [0.29, 0.717) is 0 Å². The molecular formula is C23H27FN4O. The van der Waals surface area contributed by atoms with Crippen LogP contribution in [-0.4, -0.2) is 59.9 Å². The van der Waals surface area contributed by atoms with Crippen molar-refractivity contribution in [2.75, 3.05) is 40.3 Å². The van der Waals surface area contributed by atoms with Gasteiger partial charge in [0.1, 0.15) is 11.6 Å². The number of nitrogens with zero attached hydrogens (tertiary/aromatic N) is 4. The number of rotatable bonds is 5. The molecule has 0 bridgehead atoms. The Kier molecular flexibility index (Phi) is 5.92. The molecule has 1 aliphatic rings. The summed E-state index contributed by atoms with van der Waals surface area (Å²) in [6.07, 6.45) is 3.22. The average molecular weight is 394 g/mol. The average Bonchev–Trinajstić information content (AvgIpc) is 3.04. The minimum absolute atomic E-state index is 0.246. The summed E-state index contributed by atoms with van der Waals surface area (Å²) in [4.78, 5) is 4.83. The molecule has 1 fully saturated rings. The fourth-order valence-electron chi connectivity index (χ4n) is 3.77. The number of hydrogen-bond acceptors (Lipinski definition) is 4. The third-order valence-corrected chi connectivity index (χ3v) is 5.43. The molecule has 2 aromatic carbocycles. The van der Waals surface area contributed by atoms with E-state index in [-0.39, 0.29) is 5.82 Å². The molecule has 4 rings (SSSR count). The highest BCUT2D eigenvalue weighted by molar-refractivity contribution is 5.63. The van der Waals surface area contributed by atoms with Gasteiger partial charge in [-0.25, -0.2) is 9.07 Å². The van der Waals surface area contributed by atoms with Crippen LogP contribution in [0.1, 0.15) is 12.0 Å². The molecule has 0 N–H and O–H groups in total. The number of benzene rings is 2. The zero-order valence-corrected chi connectivity index (χ0v) is 17.0. The van der Waals surface area contributed by atoms with E-state index in [9.17, 15) is 4.39 Å². The molecule has 152 valence electrons. The summed E-state index contributed by atoms with van der Waals surface area (Å²) in [5.41, 5.74) is 3.69. The summed E-state index contributed by atoms with van der Waals surface area (Å²) in [5, 5.41) is 4.82. The summed E-state index contributed by atoms with van der Waals surface area (Å²) >= 11 is 0. The van der Waals surface area contributed by atoms with E-state index < -0.39 is 0 Å². The first kappa shape index (κ1) is 19.6. The van der Waals surface area contributed by atoms with Crippen molar-refractivity contribution in [3.8, 4) is 22.7 Å². The van der Waals surface area contributed by atoms with Crippen LogP contribution in [0.25, 0.3) is 16.9 Å². The Bertz CT molecular complexity index is 954. The number of ether oxygens (including phenoxy) is 1. The van der Waals surface area contributed by atoms with Crippen molar-refractivity contribution in [2.24, 2.45) is 0 Å². The van der Waals surface area contributed by atoms with Crippen LogP contribution >= 0.6 is 0 Å². The van der Waals surface area contributed by atoms with Crippen molar-refractivity contribution >= 4 is 0 Å². The van der Waals surface area contributed by atoms with Crippen molar-refractivity contribution in [1.82, 2.24) is 19.6 Å². The van der Waals surface area contributed by atoms with Gasteiger partial charge in [0.25, 0.3) is 0 Å². The van der Waals surface area contributed by atoms with E-state index in [1.165, 1.54) is 6.07 Å². The Morgan fingerprint density at radius 2 is 1.86 bits per heavy atom. The fourth-order valence-corrected chi connectivity index (χ4v) is 3.77. The fraction of sp³-hybridized carbons (Fsp3) is 0.348. The van der Waals surface area contributed by atoms with Gasteiger partial charge in [0, 0.05) is 37.0 Å². The second kappa shape index (κ2) is 8.76. The predicted octanol–water partition coefficient (Wildman–Crippen LogP) is 3.82. The normalized spacial score (nSPS) is 16.0. The van der Waals surface area contributed by atoms with Gasteiger partial charge in [0.15, 0.2) is 0 Å². The molecule has 1 saturated heterocycles. The number of halogens is 1. The van der Waals surface area contributed by atoms with Crippen molar-refractivity contribution in [3.63, 3.8) is 0 Å². The van der Waals surface area contributed by atoms with Gasteiger partial charge in [-0.15, -0.1) is 0 Å². The predicted molar refractivity (Wildman–Crippen MR) is 113 cm³/mol. The highest BCUT2D eigenvalue weighted by Gasteiger charge is 2.18. The van der Waals surface area contributed by atoms with E-state index in [4.69, 9.17) is 9.84 Å². The summed E-state index contributed by atoms with van der Waals surface area (Å²) in [7, 11) is 3.82. The molecule has 0 aliphatic carbocycles. The number of likely N-dealkylation sites (N-methyl/N-ethyl adjacent to an activating group) is 1. The standard InChI is InChI=1S/C23H27FN4O/c1-26-11-4-12-27(14-13-26)16-19-17-28(21-7-9-22(29-2)10-8-21)25-23(19)18-5-3-6-20(24)15-18/h3,5-10,15,17H,4,11-14,16H2,1-2H3. The lowest BCUT2D eigenvalue weighted by molar-refractivity contribution is 0.269. The molecule has 0 saturated carbocycles. The molecule has 6 heteroatoms. The third kappa shape index (κ3) is 4.66. The minimum Gasteiger partial charge on any atom is -0.497 e. The van der Waals surface area contributed by atoms with Gasteiger partial charge in [0.2, 0.25) is 0 Å². The quantitative estimate of drug-likeness (QED) is 0.659. The highest BCUT2D eigenvalue weighted by atomic mass is 19.1. The molecule has 5 nitrogen and oxygen atoms in total. The molecule has 0 amide bonds. The van der Waals surface area contributed by atoms with Gasteiger partial charge < -0.3 is 9.64 Å². The Morgan fingerprint density at radius 3 is 2.62 bits per heavy atom. The smallest absolute Gasteiger partial charge is 0.123 e. The summed E-state index contributed by atoms with van der Waals surface area (Å²) in [6.45, 7) is 5.06. The Balaban J connectivity index is 1.68. The van der Waals surface area contributed by atoms with Crippen LogP contribution < -0.4 is 4.74 Å². The molecule has 0 atom stereocenters. The van der Waals surface area contributed by atoms with E-state index in [0.717, 1.165) is 67.4 Å². The maximum absolute atomic E-state index is 13.9. The Labute approximate surface area is 171 Å². The first-order valence-corrected chi connectivity index (χ1v) is 10.0. The summed E-state index contributed by atoms with van der Waals surface area (Å²) < 4.78 is 21.0. The van der Waals surface area contributed by atoms with Crippen LogP contribution in [-0.2, 0) is 6.54 Å². The lowest BCUT2D eigenvalue weighted by Gasteiger charge is -2.19. The maximum atomic E-state index is 13.9. The van der Waals surface area contributed by atoms with E-state index >= 15 is 0 Å². The molecular weight excluding hydrogens is 367 g/mol. The Hall–Kier alpha value is -2.70. The second-order valence-corrected chi connectivity index (χ2v) is 7.59. The molecule has 1 aliphatic heterocycles. The number of aromatic nitrogens is 2. The molecule has 2 heterocycles. The monoisotopic (exact) mass is 394 g/mol. The molecule has 0 spiro atoms. The van der Waals surface area contributed by atoms with Gasteiger partial charge >= 0.3 is 0 Å². The summed E-state index contributed by atoms with van der Waals surface area (Å²) in [6, 6.07) is 14.5. The number of hydrogen-bond donors (Lipinski definition) is 0. The second-order valence-electron chi connectivity index (χ2n) is 7.59. The highest BCUT2D eigenvalue weighted by Crippen LogP contribution is 2.26. The largest absolute Gasteiger partial charge is 0.497 e. The van der Waals surface area contributed by atoms with Crippen molar-refractivity contribution in [3.05, 3.63) is 66.1 Å². The van der Waals surface area contributed by atoms with Crippen molar-refractivity contribution < 1.29 is 9.13 Å². The van der Waals surface area contributed by atoms with Gasteiger partial charge in [-0.05, 0) is 63.0 Å². The first-order chi connectivity index (χ1) is 14.1. The first-order valence-electron chi connectivity index (χ1n) is 10.0. The molecule has 1 aromatic heterocycles. The molecule has 3 aromatic rings. The van der Waals surface area contributed by atoms with Crippen LogP contribution in [0.3, 0.4) is 0 Å². The SMILES string of the molecule is COc1ccc(-n2cc(CN3CCCN(C)CC3)c(-c3cccc(F)c3)n2)cc1. The van der Waals surface area contributed by atoms with Gasteiger partial charge in [-0.2, -0.15) is 5.10 Å². The molecule has 0 radical (unpaired) electrons. The van der Waals surface area contributed by atoms with Crippen LogP contribution in [0.5, 0.6) is 5.75 Å². The maximum Gasteiger partial charge on any atom is 0.123 e. The lowest BCUT2D eigenvalue weighted by Crippen LogP contribution is -2.28. The van der Waals surface area contributed by atoms with E-state index in [2.05, 4.69) is 23.0 Å². The van der Waals surface area contributed by atoms with E-state index in [1.54, 1.807) is 19.2 Å². The van der Waals surface area contributed by atoms with E-state index in [1.807, 2.05) is 35.0 Å². The van der Waals surface area contributed by atoms with Crippen molar-refractivity contribution in [2.45, 2.75) is 13.0 Å². The zero-order chi connectivity index (χ0) is 20.2. The van der Waals surface area contributed by atoms with Crippen LogP contribution in [0.15, 0.2) is 54.7 Å².